The van der Waals surface area contributed by atoms with E-state index in [2.05, 4.69) is 9.97 Å². The molecule has 3 N–H and O–H groups in total. The Morgan fingerprint density at radius 3 is 2.95 bits per heavy atom. The van der Waals surface area contributed by atoms with Crippen molar-refractivity contribution in [3.8, 4) is 11.6 Å². The Hall–Kier alpha value is -3.10. The number of aromatic nitrogens is 2. The summed E-state index contributed by atoms with van der Waals surface area (Å²) in [4.78, 5) is 29.0. The Balaban J connectivity index is 2.19. The zero-order valence-electron chi connectivity index (χ0n) is 11.5. The number of H-pyrrole nitrogens is 1. The van der Waals surface area contributed by atoms with Crippen molar-refractivity contribution in [3.05, 3.63) is 55.9 Å². The van der Waals surface area contributed by atoms with Gasteiger partial charge in [-0.1, -0.05) is 12.1 Å². The average molecular weight is 304 g/mol. The minimum atomic E-state index is -1.45. The fourth-order valence-electron chi connectivity index (χ4n) is 2.50. The number of nitrogen functional groups attached to an aromatic ring is 1. The number of ether oxygens (including phenoxy) is 2. The number of anilines is 1. The molecule has 0 saturated heterocycles. The smallest absolute Gasteiger partial charge is 0.366 e. The highest BCUT2D eigenvalue weighted by molar-refractivity contribution is 5.45. The molecule has 0 radical (unpaired) electrons. The molecule has 0 aliphatic carbocycles. The molecular formula is C13H12N4O5. The minimum absolute atomic E-state index is 0.0872. The predicted octanol–water partition coefficient (Wildman–Crippen LogP) is 0.488. The van der Waals surface area contributed by atoms with E-state index >= 15 is 0 Å². The maximum absolute atomic E-state index is 12.1. The average Bonchev–Trinajstić information content (AvgIpc) is 2.87. The normalized spacial score (nSPS) is 19.3. The molecule has 1 aromatic heterocycles. The summed E-state index contributed by atoms with van der Waals surface area (Å²) in [5, 5.41) is 11.3. The molecule has 0 bridgehead atoms. The lowest BCUT2D eigenvalue weighted by molar-refractivity contribution is -0.562. The van der Waals surface area contributed by atoms with Gasteiger partial charge in [-0.25, -0.2) is 0 Å². The Morgan fingerprint density at radius 2 is 2.27 bits per heavy atom. The standard InChI is InChI=1S/C13H12N4O5/c1-21-7-4-2-3-6(5-7)8-9-10(18)15-13(14)16-11(9)22-12(8)17(19)20/h2-5,8,12H,1H3,(H3,14,15,16,18)/t8-,12-/m1/s1. The van der Waals surface area contributed by atoms with Crippen LogP contribution in [0.15, 0.2) is 29.1 Å². The van der Waals surface area contributed by atoms with Crippen molar-refractivity contribution in [1.29, 1.82) is 0 Å². The molecule has 0 amide bonds. The number of methoxy groups -OCH3 is 1. The maximum atomic E-state index is 12.1. The van der Waals surface area contributed by atoms with Gasteiger partial charge in [0.1, 0.15) is 11.7 Å². The molecule has 2 atom stereocenters. The molecule has 2 heterocycles. The van der Waals surface area contributed by atoms with Crippen molar-refractivity contribution in [3.63, 3.8) is 0 Å². The van der Waals surface area contributed by atoms with E-state index in [1.54, 1.807) is 24.3 Å². The van der Waals surface area contributed by atoms with Crippen LogP contribution in [0.3, 0.4) is 0 Å². The van der Waals surface area contributed by atoms with Crippen LogP contribution in [0.2, 0.25) is 0 Å². The van der Waals surface area contributed by atoms with E-state index in [0.29, 0.717) is 11.3 Å². The first-order valence-corrected chi connectivity index (χ1v) is 6.35. The number of hydrogen-bond acceptors (Lipinski definition) is 7. The van der Waals surface area contributed by atoms with Crippen LogP contribution in [0.5, 0.6) is 11.6 Å². The molecule has 0 saturated carbocycles. The van der Waals surface area contributed by atoms with Gasteiger partial charge >= 0.3 is 6.23 Å². The van der Waals surface area contributed by atoms with Gasteiger partial charge in [-0.05, 0) is 17.7 Å². The minimum Gasteiger partial charge on any atom is -0.497 e. The zero-order valence-corrected chi connectivity index (χ0v) is 11.5. The lowest BCUT2D eigenvalue weighted by Crippen LogP contribution is -2.30. The lowest BCUT2D eigenvalue weighted by Gasteiger charge is -2.12. The second-order valence-corrected chi connectivity index (χ2v) is 4.72. The molecule has 0 unspecified atom stereocenters. The fraction of sp³-hybridized carbons (Fsp3) is 0.231. The summed E-state index contributed by atoms with van der Waals surface area (Å²) in [6.45, 7) is 0. The number of nitro groups is 1. The van der Waals surface area contributed by atoms with Gasteiger partial charge in [0.25, 0.3) is 5.56 Å². The number of rotatable bonds is 3. The summed E-state index contributed by atoms with van der Waals surface area (Å²) in [7, 11) is 1.48. The van der Waals surface area contributed by atoms with Gasteiger partial charge in [0.2, 0.25) is 11.8 Å². The van der Waals surface area contributed by atoms with Crippen LogP contribution in [0.25, 0.3) is 0 Å². The van der Waals surface area contributed by atoms with E-state index in [-0.39, 0.29) is 17.4 Å². The second-order valence-electron chi connectivity index (χ2n) is 4.72. The summed E-state index contributed by atoms with van der Waals surface area (Å²) >= 11 is 0. The van der Waals surface area contributed by atoms with Crippen LogP contribution in [0.1, 0.15) is 17.0 Å². The summed E-state index contributed by atoms with van der Waals surface area (Å²) < 4.78 is 10.3. The van der Waals surface area contributed by atoms with E-state index in [9.17, 15) is 14.9 Å². The first-order valence-electron chi connectivity index (χ1n) is 6.35. The van der Waals surface area contributed by atoms with Gasteiger partial charge in [-0.2, -0.15) is 4.98 Å². The third kappa shape index (κ3) is 2.12. The SMILES string of the molecule is COc1cccc([C@@H]2c3c(nc(N)[nH]c3=O)O[C@H]2[N+](=O)[O-])c1. The highest BCUT2D eigenvalue weighted by atomic mass is 16.7. The van der Waals surface area contributed by atoms with Gasteiger partial charge in [-0.15, -0.1) is 0 Å². The van der Waals surface area contributed by atoms with Gasteiger partial charge in [0.15, 0.2) is 0 Å². The van der Waals surface area contributed by atoms with Gasteiger partial charge in [0.05, 0.1) is 17.6 Å². The number of nitrogens with zero attached hydrogens (tertiary/aromatic N) is 2. The van der Waals surface area contributed by atoms with E-state index in [1.807, 2.05) is 0 Å². The molecule has 2 aromatic rings. The summed E-state index contributed by atoms with van der Waals surface area (Å²) in [5.74, 6) is -0.641. The number of aromatic amines is 1. The first kappa shape index (κ1) is 13.9. The van der Waals surface area contributed by atoms with E-state index in [4.69, 9.17) is 15.2 Å². The summed E-state index contributed by atoms with van der Waals surface area (Å²) in [6, 6.07) is 6.67. The third-order valence-electron chi connectivity index (χ3n) is 3.43. The Morgan fingerprint density at radius 1 is 1.50 bits per heavy atom. The topological polar surface area (TPSA) is 133 Å². The zero-order chi connectivity index (χ0) is 15.9. The van der Waals surface area contributed by atoms with Crippen molar-refractivity contribution in [2.24, 2.45) is 0 Å². The van der Waals surface area contributed by atoms with Crippen LogP contribution in [0.4, 0.5) is 5.95 Å². The molecule has 0 fully saturated rings. The second kappa shape index (κ2) is 5.02. The first-order chi connectivity index (χ1) is 10.5. The van der Waals surface area contributed by atoms with Crippen LogP contribution in [0, 0.1) is 10.1 Å². The molecule has 1 aliphatic rings. The lowest BCUT2D eigenvalue weighted by atomic mass is 9.92. The molecular weight excluding hydrogens is 292 g/mol. The van der Waals surface area contributed by atoms with Crippen LogP contribution < -0.4 is 20.8 Å². The van der Waals surface area contributed by atoms with Gasteiger partial charge in [-0.3, -0.25) is 19.9 Å². The number of fused-ring (bicyclic) bond motifs is 1. The summed E-state index contributed by atoms with van der Waals surface area (Å²) in [6.07, 6.45) is -1.45. The largest absolute Gasteiger partial charge is 0.497 e. The quantitative estimate of drug-likeness (QED) is 0.622. The highest BCUT2D eigenvalue weighted by Crippen LogP contribution is 2.40. The number of nitrogens with two attached hydrogens (primary N) is 1. The van der Waals surface area contributed by atoms with Crippen LogP contribution in [-0.4, -0.2) is 28.2 Å². The van der Waals surface area contributed by atoms with Crippen molar-refractivity contribution >= 4 is 5.95 Å². The number of hydrogen-bond donors (Lipinski definition) is 2. The third-order valence-corrected chi connectivity index (χ3v) is 3.43. The van der Waals surface area contributed by atoms with E-state index in [0.717, 1.165) is 0 Å². The predicted molar refractivity (Wildman–Crippen MR) is 75.5 cm³/mol. The van der Waals surface area contributed by atoms with Crippen LogP contribution in [-0.2, 0) is 0 Å². The molecule has 9 nitrogen and oxygen atoms in total. The number of nitrogens with one attached hydrogen (secondary N) is 1. The van der Waals surface area contributed by atoms with Crippen molar-refractivity contribution in [2.75, 3.05) is 12.8 Å². The highest BCUT2D eigenvalue weighted by Gasteiger charge is 2.47. The Labute approximate surface area is 123 Å². The van der Waals surface area contributed by atoms with Gasteiger partial charge < -0.3 is 15.2 Å². The molecule has 1 aromatic carbocycles. The van der Waals surface area contributed by atoms with Gasteiger partial charge in [0, 0.05) is 0 Å². The van der Waals surface area contributed by atoms with E-state index < -0.39 is 22.6 Å². The van der Waals surface area contributed by atoms with Crippen molar-refractivity contribution < 1.29 is 14.4 Å². The van der Waals surface area contributed by atoms with Crippen molar-refractivity contribution in [2.45, 2.75) is 12.1 Å². The Kier molecular flexibility index (Phi) is 3.17. The molecule has 3 rings (SSSR count). The molecule has 9 heteroatoms. The summed E-state index contributed by atoms with van der Waals surface area (Å²) in [5.41, 5.74) is 5.50. The molecule has 1 aliphatic heterocycles. The molecule has 0 spiro atoms. The Bertz CT molecular complexity index is 803. The monoisotopic (exact) mass is 304 g/mol. The van der Waals surface area contributed by atoms with E-state index in [1.165, 1.54) is 7.11 Å². The molecule has 114 valence electrons. The molecule has 22 heavy (non-hydrogen) atoms. The fourth-order valence-corrected chi connectivity index (χ4v) is 2.50. The van der Waals surface area contributed by atoms with Crippen molar-refractivity contribution in [1.82, 2.24) is 9.97 Å². The maximum Gasteiger partial charge on any atom is 0.366 e. The van der Waals surface area contributed by atoms with Crippen LogP contribution >= 0.6 is 0 Å². The number of benzene rings is 1.